The Kier molecular flexibility index (Phi) is 2.21. The summed E-state index contributed by atoms with van der Waals surface area (Å²) in [7, 11) is 0. The molecule has 0 amide bonds. The minimum atomic E-state index is 0.0270. The number of aromatic nitrogens is 4. The number of nitrogen functional groups attached to an aromatic ring is 1. The van der Waals surface area contributed by atoms with E-state index in [0.29, 0.717) is 5.65 Å². The van der Waals surface area contributed by atoms with Crippen molar-refractivity contribution in [2.24, 2.45) is 0 Å². The van der Waals surface area contributed by atoms with Crippen LogP contribution in [-0.2, 0) is 4.74 Å². The van der Waals surface area contributed by atoms with Crippen LogP contribution in [0.25, 0.3) is 11.0 Å². The molecule has 0 spiro atoms. The molecule has 1 fully saturated rings. The molecule has 6 heteroatoms. The number of aromatic amines is 1. The quantitative estimate of drug-likeness (QED) is 0.751. The number of nitrogens with zero attached hydrogens (tertiary/aromatic N) is 3. The molecule has 3 N–H and O–H groups in total. The first-order valence-corrected chi connectivity index (χ1v) is 5.42. The summed E-state index contributed by atoms with van der Waals surface area (Å²) in [5, 5.41) is 7.67. The molecule has 3 rings (SSSR count). The largest absolute Gasteiger partial charge is 0.372 e. The fourth-order valence-corrected chi connectivity index (χ4v) is 2.08. The number of anilines is 1. The molecule has 1 aliphatic rings. The molecular weight excluding hydrogens is 206 g/mol. The van der Waals surface area contributed by atoms with Gasteiger partial charge in [-0.25, -0.2) is 4.98 Å². The molecule has 0 saturated carbocycles. The van der Waals surface area contributed by atoms with Gasteiger partial charge in [0, 0.05) is 6.61 Å². The first kappa shape index (κ1) is 9.53. The zero-order valence-electron chi connectivity index (χ0n) is 8.81. The van der Waals surface area contributed by atoms with Gasteiger partial charge in [-0.05, 0) is 19.3 Å². The summed E-state index contributed by atoms with van der Waals surface area (Å²) >= 11 is 0. The topological polar surface area (TPSA) is 89.7 Å². The van der Waals surface area contributed by atoms with E-state index in [9.17, 15) is 0 Å². The van der Waals surface area contributed by atoms with Crippen molar-refractivity contribution in [3.05, 3.63) is 11.9 Å². The van der Waals surface area contributed by atoms with Crippen LogP contribution in [0.15, 0.2) is 6.20 Å². The third-order valence-corrected chi connectivity index (χ3v) is 2.84. The lowest BCUT2D eigenvalue weighted by molar-refractivity contribution is 0.0133. The standard InChI is InChI=1S/C10H13N5O/c11-10-13-8(7-3-1-2-4-16-7)6-5-12-15-9(6)14-10/h5,7H,1-4H2,(H3,11,12,13,14,15). The van der Waals surface area contributed by atoms with Crippen LogP contribution >= 0.6 is 0 Å². The van der Waals surface area contributed by atoms with Gasteiger partial charge in [0.25, 0.3) is 0 Å². The molecule has 2 aromatic heterocycles. The zero-order chi connectivity index (χ0) is 11.0. The van der Waals surface area contributed by atoms with Crippen LogP contribution in [0.1, 0.15) is 31.1 Å². The number of nitrogens with one attached hydrogen (secondary N) is 1. The van der Waals surface area contributed by atoms with Gasteiger partial charge in [-0.2, -0.15) is 10.1 Å². The molecule has 0 radical (unpaired) electrons. The Balaban J connectivity index is 2.09. The minimum Gasteiger partial charge on any atom is -0.372 e. The Morgan fingerprint density at radius 1 is 1.38 bits per heavy atom. The molecule has 16 heavy (non-hydrogen) atoms. The van der Waals surface area contributed by atoms with E-state index in [-0.39, 0.29) is 12.1 Å². The summed E-state index contributed by atoms with van der Waals surface area (Å²) < 4.78 is 5.71. The van der Waals surface area contributed by atoms with E-state index in [2.05, 4.69) is 20.2 Å². The lowest BCUT2D eigenvalue weighted by Gasteiger charge is -2.22. The average Bonchev–Trinajstić information content (AvgIpc) is 2.77. The van der Waals surface area contributed by atoms with Crippen molar-refractivity contribution in [1.82, 2.24) is 20.2 Å². The summed E-state index contributed by atoms with van der Waals surface area (Å²) in [6.07, 6.45) is 5.01. The van der Waals surface area contributed by atoms with Gasteiger partial charge in [0.15, 0.2) is 5.65 Å². The third kappa shape index (κ3) is 1.51. The highest BCUT2D eigenvalue weighted by atomic mass is 16.5. The molecule has 1 aliphatic heterocycles. The maximum atomic E-state index is 5.71. The molecule has 0 bridgehead atoms. The van der Waals surface area contributed by atoms with Gasteiger partial charge in [-0.15, -0.1) is 0 Å². The van der Waals surface area contributed by atoms with Crippen molar-refractivity contribution in [3.63, 3.8) is 0 Å². The van der Waals surface area contributed by atoms with E-state index in [0.717, 1.165) is 36.9 Å². The Morgan fingerprint density at radius 2 is 2.31 bits per heavy atom. The Labute approximate surface area is 92.2 Å². The maximum Gasteiger partial charge on any atom is 0.222 e. The van der Waals surface area contributed by atoms with Crippen LogP contribution in [0.2, 0.25) is 0 Å². The molecule has 0 aliphatic carbocycles. The second-order valence-electron chi connectivity index (χ2n) is 3.95. The Hall–Kier alpha value is -1.69. The SMILES string of the molecule is Nc1nc(C2CCCCO2)c2cn[nH]c2n1. The van der Waals surface area contributed by atoms with Crippen LogP contribution in [0.5, 0.6) is 0 Å². The van der Waals surface area contributed by atoms with Gasteiger partial charge in [-0.3, -0.25) is 5.10 Å². The summed E-state index contributed by atoms with van der Waals surface area (Å²) in [5.74, 6) is 0.265. The van der Waals surface area contributed by atoms with Crippen LogP contribution in [-0.4, -0.2) is 26.8 Å². The fourth-order valence-electron chi connectivity index (χ4n) is 2.08. The summed E-state index contributed by atoms with van der Waals surface area (Å²) in [4.78, 5) is 8.36. The van der Waals surface area contributed by atoms with Gasteiger partial charge >= 0.3 is 0 Å². The Morgan fingerprint density at radius 3 is 3.12 bits per heavy atom. The average molecular weight is 219 g/mol. The molecule has 1 unspecified atom stereocenters. The Bertz CT molecular complexity index is 503. The predicted molar refractivity (Wildman–Crippen MR) is 58.6 cm³/mol. The zero-order valence-corrected chi connectivity index (χ0v) is 8.81. The highest BCUT2D eigenvalue weighted by molar-refractivity contribution is 5.77. The van der Waals surface area contributed by atoms with Crippen molar-refractivity contribution in [2.75, 3.05) is 12.3 Å². The number of hydrogen-bond acceptors (Lipinski definition) is 5. The lowest BCUT2D eigenvalue weighted by atomic mass is 10.0. The highest BCUT2D eigenvalue weighted by Gasteiger charge is 2.21. The first-order valence-electron chi connectivity index (χ1n) is 5.42. The normalized spacial score (nSPS) is 21.4. The van der Waals surface area contributed by atoms with Crippen molar-refractivity contribution in [1.29, 1.82) is 0 Å². The van der Waals surface area contributed by atoms with E-state index in [4.69, 9.17) is 10.5 Å². The minimum absolute atomic E-state index is 0.0270. The van der Waals surface area contributed by atoms with Gasteiger partial charge in [0.2, 0.25) is 5.95 Å². The van der Waals surface area contributed by atoms with Crippen molar-refractivity contribution in [2.45, 2.75) is 25.4 Å². The lowest BCUT2D eigenvalue weighted by Crippen LogP contribution is -2.14. The summed E-state index contributed by atoms with van der Waals surface area (Å²) in [6, 6.07) is 0. The van der Waals surface area contributed by atoms with E-state index in [1.807, 2.05) is 0 Å². The van der Waals surface area contributed by atoms with E-state index >= 15 is 0 Å². The van der Waals surface area contributed by atoms with Crippen molar-refractivity contribution < 1.29 is 4.74 Å². The van der Waals surface area contributed by atoms with Gasteiger partial charge in [-0.1, -0.05) is 0 Å². The van der Waals surface area contributed by atoms with Crippen molar-refractivity contribution >= 4 is 17.0 Å². The smallest absolute Gasteiger partial charge is 0.222 e. The molecular formula is C10H13N5O. The number of rotatable bonds is 1. The molecule has 84 valence electrons. The van der Waals surface area contributed by atoms with Crippen LogP contribution in [0.4, 0.5) is 5.95 Å². The summed E-state index contributed by atoms with van der Waals surface area (Å²) in [6.45, 7) is 0.786. The molecule has 6 nitrogen and oxygen atoms in total. The van der Waals surface area contributed by atoms with Gasteiger partial charge in [0.1, 0.15) is 6.10 Å². The number of fused-ring (bicyclic) bond motifs is 1. The van der Waals surface area contributed by atoms with Crippen LogP contribution < -0.4 is 5.73 Å². The van der Waals surface area contributed by atoms with Crippen LogP contribution in [0.3, 0.4) is 0 Å². The molecule has 3 heterocycles. The number of H-pyrrole nitrogens is 1. The third-order valence-electron chi connectivity index (χ3n) is 2.84. The van der Waals surface area contributed by atoms with E-state index in [1.165, 1.54) is 0 Å². The molecule has 0 aromatic carbocycles. The second-order valence-corrected chi connectivity index (χ2v) is 3.95. The fraction of sp³-hybridized carbons (Fsp3) is 0.500. The van der Waals surface area contributed by atoms with Gasteiger partial charge in [0.05, 0.1) is 17.3 Å². The monoisotopic (exact) mass is 219 g/mol. The molecule has 2 aromatic rings. The van der Waals surface area contributed by atoms with Crippen LogP contribution in [0, 0.1) is 0 Å². The second kappa shape index (κ2) is 3.71. The number of ether oxygens (including phenoxy) is 1. The first-order chi connectivity index (χ1) is 7.84. The number of nitrogens with two attached hydrogens (primary N) is 1. The van der Waals surface area contributed by atoms with E-state index in [1.54, 1.807) is 6.20 Å². The maximum absolute atomic E-state index is 5.71. The molecule has 1 saturated heterocycles. The number of hydrogen-bond donors (Lipinski definition) is 2. The summed E-state index contributed by atoms with van der Waals surface area (Å²) in [5.41, 5.74) is 7.20. The van der Waals surface area contributed by atoms with Crippen molar-refractivity contribution in [3.8, 4) is 0 Å². The van der Waals surface area contributed by atoms with Gasteiger partial charge < -0.3 is 10.5 Å². The highest BCUT2D eigenvalue weighted by Crippen LogP contribution is 2.30. The predicted octanol–water partition coefficient (Wildman–Crippen LogP) is 1.18. The van der Waals surface area contributed by atoms with E-state index < -0.39 is 0 Å². The molecule has 1 atom stereocenters.